The number of carbonyl (C=O) groups is 2. The van der Waals surface area contributed by atoms with Crippen LogP contribution in [0.25, 0.3) is 0 Å². The number of thiazole rings is 1. The quantitative estimate of drug-likeness (QED) is 0.580. The van der Waals surface area contributed by atoms with E-state index in [1.165, 1.54) is 11.3 Å². The van der Waals surface area contributed by atoms with Gasteiger partial charge in [0.25, 0.3) is 5.91 Å². The molecule has 2 aromatic rings. The zero-order valence-electron chi connectivity index (χ0n) is 17.1. The number of ether oxygens (including phenoxy) is 1. The molecule has 11 heteroatoms. The normalized spacial score (nSPS) is 19.4. The molecule has 1 fully saturated rings. The lowest BCUT2D eigenvalue weighted by atomic mass is 10.0. The lowest BCUT2D eigenvalue weighted by Gasteiger charge is -2.31. The van der Waals surface area contributed by atoms with Gasteiger partial charge in [-0.1, -0.05) is 0 Å². The van der Waals surface area contributed by atoms with E-state index in [1.54, 1.807) is 15.8 Å². The molecule has 0 bridgehead atoms. The molecule has 3 heterocycles. The van der Waals surface area contributed by atoms with Gasteiger partial charge in [0.05, 0.1) is 31.8 Å². The molecule has 2 aromatic heterocycles. The summed E-state index contributed by atoms with van der Waals surface area (Å²) in [6.45, 7) is 4.42. The van der Waals surface area contributed by atoms with Crippen molar-refractivity contribution in [2.45, 2.75) is 32.3 Å². The summed E-state index contributed by atoms with van der Waals surface area (Å²) in [4.78, 5) is 38.8. The van der Waals surface area contributed by atoms with Crippen molar-refractivity contribution in [3.8, 4) is 0 Å². The second kappa shape index (κ2) is 9.45. The van der Waals surface area contributed by atoms with Crippen LogP contribution < -0.4 is 11.1 Å². The number of nitrogen functional groups attached to an aromatic ring is 1. The van der Waals surface area contributed by atoms with E-state index in [9.17, 15) is 14.7 Å². The van der Waals surface area contributed by atoms with Crippen molar-refractivity contribution >= 4 is 29.1 Å². The van der Waals surface area contributed by atoms with Gasteiger partial charge >= 0.3 is 0 Å². The third-order valence-corrected chi connectivity index (χ3v) is 5.57. The standard InChI is InChI=1S/C19H26N6O4S/c1-12-14(13(2)24-18(20)23-12)3-4-16(26)25-5-6-29-10-19(28,9-25)8-21-17(27)15-7-30-11-22-15/h7,11,28H,3-6,8-10H2,1-2H3,(H,21,27)(H2,20,23,24)/t19-/m1/s1. The number of β-amino-alcohol motifs (C(OH)–C–C–N with tert-alkyl or cyclic N) is 1. The molecule has 1 atom stereocenters. The number of hydrogen-bond donors (Lipinski definition) is 3. The molecule has 1 aliphatic rings. The Hall–Kier alpha value is -2.63. The molecular formula is C19H26N6O4S. The third-order valence-electron chi connectivity index (χ3n) is 4.98. The van der Waals surface area contributed by atoms with Gasteiger partial charge in [-0.25, -0.2) is 15.0 Å². The Labute approximate surface area is 178 Å². The number of aromatic nitrogens is 3. The zero-order chi connectivity index (χ0) is 21.7. The number of carbonyl (C=O) groups excluding carboxylic acids is 2. The van der Waals surface area contributed by atoms with Crippen LogP contribution in [0, 0.1) is 13.8 Å². The van der Waals surface area contributed by atoms with Gasteiger partial charge < -0.3 is 25.8 Å². The van der Waals surface area contributed by atoms with Crippen molar-refractivity contribution in [1.29, 1.82) is 0 Å². The van der Waals surface area contributed by atoms with Crippen molar-refractivity contribution in [3.63, 3.8) is 0 Å². The highest BCUT2D eigenvalue weighted by Crippen LogP contribution is 2.17. The molecule has 10 nitrogen and oxygen atoms in total. The first kappa shape index (κ1) is 22.1. The molecule has 0 saturated carbocycles. The highest BCUT2D eigenvalue weighted by molar-refractivity contribution is 7.07. The summed E-state index contributed by atoms with van der Waals surface area (Å²) in [5.41, 5.74) is 8.55. The summed E-state index contributed by atoms with van der Waals surface area (Å²) < 4.78 is 5.49. The Bertz CT molecular complexity index is 883. The van der Waals surface area contributed by atoms with Crippen molar-refractivity contribution in [2.75, 3.05) is 38.6 Å². The fourth-order valence-electron chi connectivity index (χ4n) is 3.41. The van der Waals surface area contributed by atoms with Crippen molar-refractivity contribution in [2.24, 2.45) is 0 Å². The molecule has 1 saturated heterocycles. The summed E-state index contributed by atoms with van der Waals surface area (Å²) in [6, 6.07) is 0. The van der Waals surface area contributed by atoms with Crippen LogP contribution in [0.5, 0.6) is 0 Å². The Morgan fingerprint density at radius 2 is 2.10 bits per heavy atom. The number of rotatable bonds is 6. The van der Waals surface area contributed by atoms with E-state index in [0.717, 1.165) is 17.0 Å². The molecule has 30 heavy (non-hydrogen) atoms. The molecule has 1 aliphatic heterocycles. The maximum Gasteiger partial charge on any atom is 0.270 e. The smallest absolute Gasteiger partial charge is 0.270 e. The van der Waals surface area contributed by atoms with Gasteiger partial charge in [0.2, 0.25) is 11.9 Å². The van der Waals surface area contributed by atoms with Crippen LogP contribution in [0.15, 0.2) is 10.9 Å². The third kappa shape index (κ3) is 5.49. The first-order valence-electron chi connectivity index (χ1n) is 9.61. The Balaban J connectivity index is 1.59. The predicted molar refractivity (Wildman–Crippen MR) is 111 cm³/mol. The van der Waals surface area contributed by atoms with Gasteiger partial charge in [-0.2, -0.15) is 0 Å². The summed E-state index contributed by atoms with van der Waals surface area (Å²) in [5, 5.41) is 15.2. The van der Waals surface area contributed by atoms with Crippen LogP contribution in [0.4, 0.5) is 5.95 Å². The second-order valence-electron chi connectivity index (χ2n) is 7.38. The average molecular weight is 435 g/mol. The molecule has 0 radical (unpaired) electrons. The van der Waals surface area contributed by atoms with E-state index in [1.807, 2.05) is 13.8 Å². The summed E-state index contributed by atoms with van der Waals surface area (Å²) in [6.07, 6.45) is 0.726. The number of nitrogens with two attached hydrogens (primary N) is 1. The molecule has 0 spiro atoms. The fourth-order valence-corrected chi connectivity index (χ4v) is 3.95. The monoisotopic (exact) mass is 434 g/mol. The minimum Gasteiger partial charge on any atom is -0.384 e. The number of nitrogens with zero attached hydrogens (tertiary/aromatic N) is 4. The predicted octanol–water partition coefficient (Wildman–Crippen LogP) is 0.0846. The van der Waals surface area contributed by atoms with Crippen molar-refractivity contribution in [3.05, 3.63) is 33.5 Å². The topological polar surface area (TPSA) is 144 Å². The molecule has 3 rings (SSSR count). The molecular weight excluding hydrogens is 408 g/mol. The van der Waals surface area contributed by atoms with Crippen LogP contribution in [0.3, 0.4) is 0 Å². The van der Waals surface area contributed by atoms with E-state index in [2.05, 4.69) is 20.3 Å². The Kier molecular flexibility index (Phi) is 6.95. The van der Waals surface area contributed by atoms with Crippen LogP contribution >= 0.6 is 11.3 Å². The fraction of sp³-hybridized carbons (Fsp3) is 0.526. The maximum absolute atomic E-state index is 12.8. The second-order valence-corrected chi connectivity index (χ2v) is 8.10. The minimum absolute atomic E-state index is 0.0259. The number of aliphatic hydroxyl groups is 1. The van der Waals surface area contributed by atoms with Gasteiger partial charge in [-0.3, -0.25) is 9.59 Å². The van der Waals surface area contributed by atoms with Crippen LogP contribution in [-0.2, 0) is 16.0 Å². The summed E-state index contributed by atoms with van der Waals surface area (Å²) in [7, 11) is 0. The number of hydrogen-bond acceptors (Lipinski definition) is 9. The molecule has 0 aliphatic carbocycles. The van der Waals surface area contributed by atoms with Crippen molar-refractivity contribution < 1.29 is 19.4 Å². The molecule has 2 amide bonds. The Morgan fingerprint density at radius 3 is 2.77 bits per heavy atom. The molecule has 0 aromatic carbocycles. The number of nitrogens with one attached hydrogen (secondary N) is 1. The molecule has 0 unspecified atom stereocenters. The highest BCUT2D eigenvalue weighted by atomic mass is 32.1. The lowest BCUT2D eigenvalue weighted by molar-refractivity contribution is -0.133. The SMILES string of the molecule is Cc1nc(N)nc(C)c1CCC(=O)N1CCOC[C@@](O)(CNC(=O)c2cscn2)C1. The number of amides is 2. The highest BCUT2D eigenvalue weighted by Gasteiger charge is 2.35. The van der Waals surface area contributed by atoms with Gasteiger partial charge in [-0.05, 0) is 25.8 Å². The largest absolute Gasteiger partial charge is 0.384 e. The number of aryl methyl sites for hydroxylation is 2. The van der Waals surface area contributed by atoms with Crippen LogP contribution in [0.2, 0.25) is 0 Å². The minimum atomic E-state index is -1.38. The van der Waals surface area contributed by atoms with Gasteiger partial charge in [0, 0.05) is 29.7 Å². The average Bonchev–Trinajstić information content (AvgIpc) is 3.15. The molecule has 162 valence electrons. The summed E-state index contributed by atoms with van der Waals surface area (Å²) >= 11 is 1.31. The van der Waals surface area contributed by atoms with Crippen molar-refractivity contribution in [1.82, 2.24) is 25.2 Å². The van der Waals surface area contributed by atoms with Crippen LogP contribution in [-0.4, -0.2) is 75.2 Å². The van der Waals surface area contributed by atoms with E-state index in [0.29, 0.717) is 25.3 Å². The van der Waals surface area contributed by atoms with Crippen LogP contribution in [0.1, 0.15) is 33.9 Å². The van der Waals surface area contributed by atoms with E-state index in [4.69, 9.17) is 10.5 Å². The molecule has 4 N–H and O–H groups in total. The van der Waals surface area contributed by atoms with Gasteiger partial charge in [0.15, 0.2) is 0 Å². The van der Waals surface area contributed by atoms with Gasteiger partial charge in [-0.15, -0.1) is 11.3 Å². The van der Waals surface area contributed by atoms with E-state index in [-0.39, 0.29) is 43.9 Å². The summed E-state index contributed by atoms with van der Waals surface area (Å²) in [5.74, 6) is -0.268. The number of anilines is 1. The lowest BCUT2D eigenvalue weighted by Crippen LogP contribution is -2.53. The van der Waals surface area contributed by atoms with Gasteiger partial charge in [0.1, 0.15) is 11.3 Å². The zero-order valence-corrected chi connectivity index (χ0v) is 17.9. The van der Waals surface area contributed by atoms with E-state index >= 15 is 0 Å². The first-order chi connectivity index (χ1) is 14.3. The first-order valence-corrected chi connectivity index (χ1v) is 10.6. The van der Waals surface area contributed by atoms with E-state index < -0.39 is 5.60 Å². The maximum atomic E-state index is 12.8. The Morgan fingerprint density at radius 1 is 1.37 bits per heavy atom.